The lowest BCUT2D eigenvalue weighted by molar-refractivity contribution is 0.0783. The Kier molecular flexibility index (Phi) is 3.79. The topological polar surface area (TPSA) is 35.5 Å². The van der Waals surface area contributed by atoms with Crippen molar-refractivity contribution in [2.75, 3.05) is 32.8 Å². The van der Waals surface area contributed by atoms with Crippen molar-refractivity contribution in [2.45, 2.75) is 31.7 Å². The largest absolute Gasteiger partial charge is 0.395 e. The molecule has 2 unspecified atom stereocenters. The van der Waals surface area contributed by atoms with E-state index in [9.17, 15) is 5.11 Å². The molecule has 2 atom stereocenters. The van der Waals surface area contributed by atoms with Crippen LogP contribution in [-0.4, -0.2) is 48.8 Å². The van der Waals surface area contributed by atoms with E-state index in [0.717, 1.165) is 5.92 Å². The Balaban J connectivity index is 1.81. The highest BCUT2D eigenvalue weighted by Crippen LogP contribution is 2.19. The first kappa shape index (κ1) is 10.4. The zero-order chi connectivity index (χ0) is 9.80. The van der Waals surface area contributed by atoms with Gasteiger partial charge in [-0.1, -0.05) is 6.42 Å². The third kappa shape index (κ3) is 2.47. The molecule has 3 nitrogen and oxygen atoms in total. The summed E-state index contributed by atoms with van der Waals surface area (Å²) >= 11 is 0. The summed E-state index contributed by atoms with van der Waals surface area (Å²) in [5.41, 5.74) is 0. The standard InChI is InChI=1S/C11H22N2O/c14-9-11-3-1-2-6-13(11)8-10-4-5-12-7-10/h10-12,14H,1-9H2. The molecule has 2 aliphatic rings. The maximum absolute atomic E-state index is 9.28. The fourth-order valence-electron chi connectivity index (χ4n) is 2.71. The summed E-state index contributed by atoms with van der Waals surface area (Å²) in [5, 5.41) is 12.7. The summed E-state index contributed by atoms with van der Waals surface area (Å²) in [4.78, 5) is 2.50. The van der Waals surface area contributed by atoms with Crippen LogP contribution in [0.3, 0.4) is 0 Å². The van der Waals surface area contributed by atoms with Crippen LogP contribution in [0, 0.1) is 5.92 Å². The van der Waals surface area contributed by atoms with Gasteiger partial charge in [0.2, 0.25) is 0 Å². The van der Waals surface area contributed by atoms with Gasteiger partial charge in [-0.25, -0.2) is 0 Å². The quantitative estimate of drug-likeness (QED) is 0.691. The van der Waals surface area contributed by atoms with Crippen molar-refractivity contribution >= 4 is 0 Å². The van der Waals surface area contributed by atoms with Gasteiger partial charge in [-0.3, -0.25) is 4.90 Å². The highest BCUT2D eigenvalue weighted by Gasteiger charge is 2.25. The Morgan fingerprint density at radius 1 is 1.29 bits per heavy atom. The van der Waals surface area contributed by atoms with Gasteiger partial charge in [0.25, 0.3) is 0 Å². The number of likely N-dealkylation sites (tertiary alicyclic amines) is 1. The number of piperidine rings is 1. The van der Waals surface area contributed by atoms with Gasteiger partial charge >= 0.3 is 0 Å². The SMILES string of the molecule is OCC1CCCCN1CC1CCNC1. The summed E-state index contributed by atoms with van der Waals surface area (Å²) in [5.74, 6) is 0.821. The third-order valence-corrected chi connectivity index (χ3v) is 3.61. The molecule has 0 radical (unpaired) electrons. The molecule has 0 amide bonds. The Labute approximate surface area is 86.5 Å². The molecule has 2 saturated heterocycles. The molecule has 2 rings (SSSR count). The zero-order valence-electron chi connectivity index (χ0n) is 8.91. The van der Waals surface area contributed by atoms with E-state index in [4.69, 9.17) is 0 Å². The van der Waals surface area contributed by atoms with Gasteiger partial charge in [-0.2, -0.15) is 0 Å². The molecule has 14 heavy (non-hydrogen) atoms. The fraction of sp³-hybridized carbons (Fsp3) is 1.00. The van der Waals surface area contributed by atoms with Crippen LogP contribution in [0.15, 0.2) is 0 Å². The molecular formula is C11H22N2O. The van der Waals surface area contributed by atoms with Crippen LogP contribution in [0.2, 0.25) is 0 Å². The van der Waals surface area contributed by atoms with E-state index in [0.29, 0.717) is 12.6 Å². The number of hydrogen-bond acceptors (Lipinski definition) is 3. The number of aliphatic hydroxyl groups excluding tert-OH is 1. The van der Waals surface area contributed by atoms with Gasteiger partial charge in [0.1, 0.15) is 0 Å². The number of rotatable bonds is 3. The van der Waals surface area contributed by atoms with Gasteiger partial charge in [-0.15, -0.1) is 0 Å². The van der Waals surface area contributed by atoms with E-state index >= 15 is 0 Å². The summed E-state index contributed by atoms with van der Waals surface area (Å²) < 4.78 is 0. The van der Waals surface area contributed by atoms with E-state index in [2.05, 4.69) is 10.2 Å². The van der Waals surface area contributed by atoms with Gasteiger partial charge < -0.3 is 10.4 Å². The van der Waals surface area contributed by atoms with E-state index in [-0.39, 0.29) is 0 Å². The monoisotopic (exact) mass is 198 g/mol. The van der Waals surface area contributed by atoms with Gasteiger partial charge in [0.15, 0.2) is 0 Å². The van der Waals surface area contributed by atoms with Crippen molar-refractivity contribution in [1.29, 1.82) is 0 Å². The highest BCUT2D eigenvalue weighted by atomic mass is 16.3. The fourth-order valence-corrected chi connectivity index (χ4v) is 2.71. The number of nitrogens with one attached hydrogen (secondary N) is 1. The summed E-state index contributed by atoms with van der Waals surface area (Å²) in [6.07, 6.45) is 5.12. The van der Waals surface area contributed by atoms with E-state index in [1.54, 1.807) is 0 Å². The molecule has 2 fully saturated rings. The molecule has 82 valence electrons. The highest BCUT2D eigenvalue weighted by molar-refractivity contribution is 4.81. The lowest BCUT2D eigenvalue weighted by Gasteiger charge is -2.36. The summed E-state index contributed by atoms with van der Waals surface area (Å²) in [7, 11) is 0. The summed E-state index contributed by atoms with van der Waals surface area (Å²) in [6.45, 7) is 5.09. The predicted molar refractivity (Wildman–Crippen MR) is 57.3 cm³/mol. The van der Waals surface area contributed by atoms with E-state index < -0.39 is 0 Å². The van der Waals surface area contributed by atoms with Crippen LogP contribution < -0.4 is 5.32 Å². The third-order valence-electron chi connectivity index (χ3n) is 3.61. The molecule has 0 saturated carbocycles. The van der Waals surface area contributed by atoms with Gasteiger partial charge in [-0.05, 0) is 44.8 Å². The second-order valence-corrected chi connectivity index (χ2v) is 4.69. The zero-order valence-corrected chi connectivity index (χ0v) is 8.91. The van der Waals surface area contributed by atoms with Crippen LogP contribution in [0.1, 0.15) is 25.7 Å². The van der Waals surface area contributed by atoms with Crippen LogP contribution in [0.5, 0.6) is 0 Å². The molecule has 0 spiro atoms. The van der Waals surface area contributed by atoms with Crippen molar-refractivity contribution in [2.24, 2.45) is 5.92 Å². The Morgan fingerprint density at radius 2 is 2.21 bits per heavy atom. The molecule has 2 heterocycles. The van der Waals surface area contributed by atoms with Gasteiger partial charge in [0, 0.05) is 12.6 Å². The van der Waals surface area contributed by atoms with E-state index in [1.165, 1.54) is 51.9 Å². The molecular weight excluding hydrogens is 176 g/mol. The van der Waals surface area contributed by atoms with Crippen LogP contribution in [0.4, 0.5) is 0 Å². The minimum atomic E-state index is 0.347. The number of hydrogen-bond donors (Lipinski definition) is 2. The molecule has 0 aromatic carbocycles. The molecule has 2 aliphatic heterocycles. The van der Waals surface area contributed by atoms with Crippen molar-refractivity contribution in [3.05, 3.63) is 0 Å². The Bertz CT molecular complexity index is 169. The average Bonchev–Trinajstić information content (AvgIpc) is 2.71. The number of aliphatic hydroxyl groups is 1. The summed E-state index contributed by atoms with van der Waals surface area (Å²) in [6, 6.07) is 0.448. The lowest BCUT2D eigenvalue weighted by atomic mass is 10.00. The minimum absolute atomic E-state index is 0.347. The molecule has 0 aliphatic carbocycles. The maximum Gasteiger partial charge on any atom is 0.0586 e. The second kappa shape index (κ2) is 5.10. The Morgan fingerprint density at radius 3 is 2.93 bits per heavy atom. The second-order valence-electron chi connectivity index (χ2n) is 4.69. The normalized spacial score (nSPS) is 34.9. The Hall–Kier alpha value is -0.120. The van der Waals surface area contributed by atoms with Crippen LogP contribution in [0.25, 0.3) is 0 Å². The van der Waals surface area contributed by atoms with Crippen molar-refractivity contribution in [3.8, 4) is 0 Å². The van der Waals surface area contributed by atoms with Crippen LogP contribution in [-0.2, 0) is 0 Å². The van der Waals surface area contributed by atoms with Crippen LogP contribution >= 0.6 is 0 Å². The smallest absolute Gasteiger partial charge is 0.0586 e. The van der Waals surface area contributed by atoms with Gasteiger partial charge in [0.05, 0.1) is 6.61 Å². The lowest BCUT2D eigenvalue weighted by Crippen LogP contribution is -2.44. The predicted octanol–water partition coefficient (Wildman–Crippen LogP) is 0.443. The van der Waals surface area contributed by atoms with Crippen molar-refractivity contribution in [3.63, 3.8) is 0 Å². The molecule has 0 aromatic rings. The first-order valence-electron chi connectivity index (χ1n) is 5.96. The maximum atomic E-state index is 9.28. The first-order chi connectivity index (χ1) is 6.90. The molecule has 0 aromatic heterocycles. The minimum Gasteiger partial charge on any atom is -0.395 e. The first-order valence-corrected chi connectivity index (χ1v) is 5.96. The van der Waals surface area contributed by atoms with E-state index in [1.807, 2.05) is 0 Å². The van der Waals surface area contributed by atoms with Crippen molar-refractivity contribution in [1.82, 2.24) is 10.2 Å². The average molecular weight is 198 g/mol. The molecule has 3 heteroatoms. The van der Waals surface area contributed by atoms with Crippen molar-refractivity contribution < 1.29 is 5.11 Å². The number of nitrogens with zero attached hydrogens (tertiary/aromatic N) is 1. The molecule has 2 N–H and O–H groups in total. The molecule has 0 bridgehead atoms.